The van der Waals surface area contributed by atoms with Gasteiger partial charge in [0.15, 0.2) is 12.4 Å². The van der Waals surface area contributed by atoms with Crippen LogP contribution in [0.4, 0.5) is 0 Å². The van der Waals surface area contributed by atoms with Gasteiger partial charge in [0.05, 0.1) is 25.4 Å². The predicted molar refractivity (Wildman–Crippen MR) is 301 cm³/mol. The van der Waals surface area contributed by atoms with Crippen molar-refractivity contribution in [1.82, 2.24) is 5.32 Å². The normalized spacial score (nSPS) is 19.8. The molecule has 1 heterocycles. The Hall–Kier alpha value is -2.64. The third kappa shape index (κ3) is 38.5. The number of aliphatic hydroxyl groups is 5. The lowest BCUT2D eigenvalue weighted by Crippen LogP contribution is -2.61. The summed E-state index contributed by atoms with van der Waals surface area (Å²) >= 11 is 0. The molecule has 0 spiro atoms. The van der Waals surface area contributed by atoms with Gasteiger partial charge in [-0.2, -0.15) is 0 Å². The van der Waals surface area contributed by atoms with Gasteiger partial charge in [0.25, 0.3) is 0 Å². The van der Waals surface area contributed by atoms with Crippen molar-refractivity contribution in [3.63, 3.8) is 0 Å². The van der Waals surface area contributed by atoms with Crippen LogP contribution in [0.5, 0.6) is 0 Å². The van der Waals surface area contributed by atoms with Gasteiger partial charge in [-0.25, -0.2) is 0 Å². The molecule has 1 aliphatic rings. The first kappa shape index (κ1) is 68.4. The standard InChI is InChI=1S/C62H111NO10/c1-4-7-10-13-16-19-22-25-27-28-29-32-35-38-41-44-47-50-57(67)73-60-59(69)58(68)56(51-64)72-62(60)71-52-53(54(65)48-45-42-39-36-33-30-24-21-18-15-12-9-6-3)63-61(70)55(66)49-46-43-40-37-34-31-26-23-20-17-14-11-8-5-2/h16,19,25,27,29,32,38,41,45,48,53-56,58-60,62,64-66,68-69H,4-15,17-18,20-24,26,28,30-31,33-37,39-40,42-44,46-47,49-52H2,1-3H3,(H,63,70)/b19-16-,27-25-,32-29-,41-38-,48-45+. The molecular weight excluding hydrogens is 919 g/mol. The van der Waals surface area contributed by atoms with Gasteiger partial charge < -0.3 is 45.1 Å². The summed E-state index contributed by atoms with van der Waals surface area (Å²) in [6.07, 6.45) is 51.2. The van der Waals surface area contributed by atoms with Crippen LogP contribution < -0.4 is 5.32 Å². The maximum absolute atomic E-state index is 13.4. The average Bonchev–Trinajstić information content (AvgIpc) is 3.39. The second kappa shape index (κ2) is 50.2. The van der Waals surface area contributed by atoms with Gasteiger partial charge in [0.1, 0.15) is 24.4 Å². The van der Waals surface area contributed by atoms with Crippen LogP contribution in [-0.4, -0.2) is 99.6 Å². The quantitative estimate of drug-likeness (QED) is 0.0195. The van der Waals surface area contributed by atoms with Gasteiger partial charge in [-0.05, 0) is 64.2 Å². The maximum Gasteiger partial charge on any atom is 0.306 e. The van der Waals surface area contributed by atoms with Crippen LogP contribution >= 0.6 is 0 Å². The van der Waals surface area contributed by atoms with E-state index in [9.17, 15) is 35.1 Å². The number of carbonyl (C=O) groups is 2. The Labute approximate surface area is 446 Å². The van der Waals surface area contributed by atoms with Crippen molar-refractivity contribution < 1.29 is 49.3 Å². The Morgan fingerprint density at radius 2 is 0.945 bits per heavy atom. The molecule has 1 rings (SSSR count). The molecule has 1 amide bonds. The molecule has 8 unspecified atom stereocenters. The first-order chi connectivity index (χ1) is 35.7. The zero-order valence-electron chi connectivity index (χ0n) is 46.7. The Kier molecular flexibility index (Phi) is 47.0. The molecule has 0 aromatic rings. The topological polar surface area (TPSA) is 175 Å². The van der Waals surface area contributed by atoms with Gasteiger partial charge in [-0.1, -0.05) is 248 Å². The molecule has 1 saturated heterocycles. The zero-order chi connectivity index (χ0) is 53.3. The number of aliphatic hydroxyl groups excluding tert-OH is 5. The molecule has 0 bridgehead atoms. The fourth-order valence-electron chi connectivity index (χ4n) is 9.11. The fraction of sp³-hybridized carbons (Fsp3) is 0.806. The van der Waals surface area contributed by atoms with Crippen LogP contribution in [0, 0.1) is 0 Å². The van der Waals surface area contributed by atoms with Gasteiger partial charge >= 0.3 is 5.97 Å². The van der Waals surface area contributed by atoms with Crippen molar-refractivity contribution >= 4 is 11.9 Å². The maximum atomic E-state index is 13.4. The van der Waals surface area contributed by atoms with Crippen LogP contribution in [0.1, 0.15) is 258 Å². The van der Waals surface area contributed by atoms with E-state index >= 15 is 0 Å². The second-order valence-corrected chi connectivity index (χ2v) is 20.7. The number of carbonyl (C=O) groups excluding carboxylic acids is 2. The lowest BCUT2D eigenvalue weighted by molar-refractivity contribution is -0.305. The third-order valence-corrected chi connectivity index (χ3v) is 13.9. The van der Waals surface area contributed by atoms with Gasteiger partial charge in [-0.15, -0.1) is 0 Å². The predicted octanol–water partition coefficient (Wildman–Crippen LogP) is 13.8. The lowest BCUT2D eigenvalue weighted by Gasteiger charge is -2.41. The molecule has 11 nitrogen and oxygen atoms in total. The molecule has 0 aromatic carbocycles. The van der Waals surface area contributed by atoms with Crippen molar-refractivity contribution in [2.75, 3.05) is 13.2 Å². The van der Waals surface area contributed by atoms with Crippen molar-refractivity contribution in [3.8, 4) is 0 Å². The largest absolute Gasteiger partial charge is 0.454 e. The fourth-order valence-corrected chi connectivity index (χ4v) is 9.11. The van der Waals surface area contributed by atoms with E-state index in [4.69, 9.17) is 14.2 Å². The SMILES string of the molecule is CCCCC/C=C\C/C=C\C/C=C\C/C=C\CCCC(=O)OC1C(OCC(NC(=O)C(O)CCCCCCCCCCCCCCCC)C(O)/C=C/CCCCCCCCCCCCC)OC(CO)C(O)C1O. The van der Waals surface area contributed by atoms with E-state index in [1.54, 1.807) is 6.08 Å². The number of hydrogen-bond donors (Lipinski definition) is 6. The smallest absolute Gasteiger partial charge is 0.306 e. The van der Waals surface area contributed by atoms with E-state index in [1.807, 2.05) is 12.2 Å². The second-order valence-electron chi connectivity index (χ2n) is 20.7. The molecule has 6 N–H and O–H groups in total. The van der Waals surface area contributed by atoms with Crippen LogP contribution in [0.2, 0.25) is 0 Å². The minimum Gasteiger partial charge on any atom is -0.454 e. The molecule has 1 aliphatic heterocycles. The summed E-state index contributed by atoms with van der Waals surface area (Å²) in [7, 11) is 0. The number of amides is 1. The van der Waals surface area contributed by atoms with Gasteiger partial charge in [0.2, 0.25) is 5.91 Å². The van der Waals surface area contributed by atoms with E-state index in [0.717, 1.165) is 64.2 Å². The Morgan fingerprint density at radius 1 is 0.534 bits per heavy atom. The summed E-state index contributed by atoms with van der Waals surface area (Å²) in [5.74, 6) is -1.25. The van der Waals surface area contributed by atoms with Crippen molar-refractivity contribution in [1.29, 1.82) is 0 Å². The number of esters is 1. The van der Waals surface area contributed by atoms with E-state index in [2.05, 4.69) is 68.6 Å². The molecule has 0 saturated carbocycles. The Morgan fingerprint density at radius 3 is 1.44 bits per heavy atom. The van der Waals surface area contributed by atoms with E-state index in [-0.39, 0.29) is 19.4 Å². The molecule has 0 aliphatic carbocycles. The number of allylic oxidation sites excluding steroid dienone is 9. The first-order valence-electron chi connectivity index (χ1n) is 30.1. The molecular formula is C62H111NO10. The first-order valence-corrected chi connectivity index (χ1v) is 30.1. The monoisotopic (exact) mass is 1030 g/mol. The molecule has 424 valence electrons. The van der Waals surface area contributed by atoms with E-state index in [0.29, 0.717) is 19.3 Å². The van der Waals surface area contributed by atoms with E-state index < -0.39 is 67.4 Å². The van der Waals surface area contributed by atoms with E-state index in [1.165, 1.54) is 141 Å². The summed E-state index contributed by atoms with van der Waals surface area (Å²) in [4.78, 5) is 26.5. The highest BCUT2D eigenvalue weighted by Gasteiger charge is 2.47. The van der Waals surface area contributed by atoms with Crippen LogP contribution in [-0.2, 0) is 23.8 Å². The number of hydrogen-bond acceptors (Lipinski definition) is 10. The zero-order valence-corrected chi connectivity index (χ0v) is 46.7. The Balaban J connectivity index is 2.75. The van der Waals surface area contributed by atoms with Crippen molar-refractivity contribution in [2.24, 2.45) is 0 Å². The van der Waals surface area contributed by atoms with Crippen LogP contribution in [0.15, 0.2) is 60.8 Å². The van der Waals surface area contributed by atoms with Crippen LogP contribution in [0.3, 0.4) is 0 Å². The molecule has 8 atom stereocenters. The summed E-state index contributed by atoms with van der Waals surface area (Å²) in [5, 5.41) is 56.9. The summed E-state index contributed by atoms with van der Waals surface area (Å²) in [6, 6.07) is -1.03. The number of ether oxygens (including phenoxy) is 3. The van der Waals surface area contributed by atoms with Gasteiger partial charge in [0, 0.05) is 6.42 Å². The third-order valence-electron chi connectivity index (χ3n) is 13.9. The molecule has 1 fully saturated rings. The summed E-state index contributed by atoms with van der Waals surface area (Å²) in [5.41, 5.74) is 0. The van der Waals surface area contributed by atoms with Crippen LogP contribution in [0.25, 0.3) is 0 Å². The molecule has 0 radical (unpaired) electrons. The number of rotatable bonds is 50. The number of nitrogens with one attached hydrogen (secondary N) is 1. The van der Waals surface area contributed by atoms with Crippen molar-refractivity contribution in [2.45, 2.75) is 307 Å². The molecule has 73 heavy (non-hydrogen) atoms. The average molecular weight is 1030 g/mol. The highest BCUT2D eigenvalue weighted by molar-refractivity contribution is 5.80. The van der Waals surface area contributed by atoms with Crippen molar-refractivity contribution in [3.05, 3.63) is 60.8 Å². The minimum absolute atomic E-state index is 0.0476. The molecule has 0 aromatic heterocycles. The molecule has 11 heteroatoms. The van der Waals surface area contributed by atoms with Gasteiger partial charge in [-0.3, -0.25) is 9.59 Å². The summed E-state index contributed by atoms with van der Waals surface area (Å²) in [6.45, 7) is 5.73. The minimum atomic E-state index is -1.64. The summed E-state index contributed by atoms with van der Waals surface area (Å²) < 4.78 is 17.5. The number of unbranched alkanes of at least 4 members (excludes halogenated alkanes) is 28. The lowest BCUT2D eigenvalue weighted by atomic mass is 9.99. The highest BCUT2D eigenvalue weighted by Crippen LogP contribution is 2.26. The Bertz CT molecular complexity index is 1420. The highest BCUT2D eigenvalue weighted by atomic mass is 16.7.